The minimum atomic E-state index is -1.07. The Hall–Kier alpha value is -4.54. The number of benzene rings is 2. The van der Waals surface area contributed by atoms with Crippen molar-refractivity contribution in [3.05, 3.63) is 64.2 Å². The van der Waals surface area contributed by atoms with Crippen molar-refractivity contribution in [3.63, 3.8) is 0 Å². The molecule has 6 amide bonds. The molecule has 3 N–H and O–H groups in total. The highest BCUT2D eigenvalue weighted by molar-refractivity contribution is 6.24. The number of amides is 6. The van der Waals surface area contributed by atoms with E-state index in [1.54, 1.807) is 6.07 Å². The van der Waals surface area contributed by atoms with Crippen LogP contribution in [0.1, 0.15) is 93.6 Å². The Labute approximate surface area is 249 Å². The molecule has 2 aromatic carbocycles. The largest absolute Gasteiger partial charge is 0.483 e. The number of imide groups is 2. The number of aryl methyl sites for hydroxylation is 2. The highest BCUT2D eigenvalue weighted by Gasteiger charge is 2.46. The first-order valence-corrected chi connectivity index (χ1v) is 15.0. The van der Waals surface area contributed by atoms with Crippen LogP contribution in [-0.4, -0.2) is 66.1 Å². The molecule has 0 aromatic heterocycles. The average Bonchev–Trinajstić information content (AvgIpc) is 3.57. The van der Waals surface area contributed by atoms with E-state index >= 15 is 0 Å². The minimum Gasteiger partial charge on any atom is -0.483 e. The number of nitrogens with one attached hydrogen (secondary N) is 3. The van der Waals surface area contributed by atoms with Gasteiger partial charge in [-0.2, -0.15) is 0 Å². The summed E-state index contributed by atoms with van der Waals surface area (Å²) in [6.07, 6.45) is 7.97. The van der Waals surface area contributed by atoms with Crippen molar-refractivity contribution in [1.29, 1.82) is 0 Å². The Morgan fingerprint density at radius 3 is 2.40 bits per heavy atom. The quantitative estimate of drug-likeness (QED) is 0.240. The van der Waals surface area contributed by atoms with E-state index in [4.69, 9.17) is 4.74 Å². The smallest absolute Gasteiger partial charge is 0.266 e. The van der Waals surface area contributed by atoms with Gasteiger partial charge in [0.15, 0.2) is 6.61 Å². The number of piperidine rings is 1. The summed E-state index contributed by atoms with van der Waals surface area (Å²) in [4.78, 5) is 75.4. The molecule has 2 aliphatic heterocycles. The van der Waals surface area contributed by atoms with E-state index in [1.165, 1.54) is 23.3 Å². The summed E-state index contributed by atoms with van der Waals surface area (Å²) in [5.41, 5.74) is 3.48. The predicted octanol–water partition coefficient (Wildman–Crippen LogP) is 2.45. The van der Waals surface area contributed by atoms with Crippen LogP contribution in [0.15, 0.2) is 36.4 Å². The Kier molecular flexibility index (Phi) is 9.48. The summed E-state index contributed by atoms with van der Waals surface area (Å²) in [7, 11) is 0. The number of hydrogen-bond acceptors (Lipinski definition) is 7. The van der Waals surface area contributed by atoms with Gasteiger partial charge in [-0.25, -0.2) is 0 Å². The molecule has 1 saturated heterocycles. The first kappa shape index (κ1) is 29.9. The second-order valence-corrected chi connectivity index (χ2v) is 11.1. The lowest BCUT2D eigenvalue weighted by molar-refractivity contribution is -0.136. The number of carbonyl (C=O) groups is 6. The van der Waals surface area contributed by atoms with Gasteiger partial charge in [0.05, 0.1) is 11.1 Å². The van der Waals surface area contributed by atoms with E-state index < -0.39 is 29.7 Å². The lowest BCUT2D eigenvalue weighted by Crippen LogP contribution is -2.54. The zero-order chi connectivity index (χ0) is 30.3. The average molecular weight is 589 g/mol. The maximum Gasteiger partial charge on any atom is 0.266 e. The molecule has 0 bridgehead atoms. The minimum absolute atomic E-state index is 0.00784. The van der Waals surface area contributed by atoms with Crippen LogP contribution in [0.4, 0.5) is 0 Å². The summed E-state index contributed by atoms with van der Waals surface area (Å²) in [5.74, 6) is -2.75. The van der Waals surface area contributed by atoms with Gasteiger partial charge in [-0.05, 0) is 73.9 Å². The highest BCUT2D eigenvalue weighted by atomic mass is 16.5. The highest BCUT2D eigenvalue weighted by Crippen LogP contribution is 2.33. The Morgan fingerprint density at radius 2 is 1.60 bits per heavy atom. The monoisotopic (exact) mass is 588 g/mol. The van der Waals surface area contributed by atoms with Gasteiger partial charge in [-0.1, -0.05) is 31.4 Å². The normalized spacial score (nSPS) is 17.4. The Balaban J connectivity index is 0.967. The van der Waals surface area contributed by atoms with Gasteiger partial charge in [-0.3, -0.25) is 39.0 Å². The van der Waals surface area contributed by atoms with Crippen LogP contribution in [0.3, 0.4) is 0 Å². The van der Waals surface area contributed by atoms with Gasteiger partial charge < -0.3 is 15.4 Å². The molecule has 11 heteroatoms. The third kappa shape index (κ3) is 6.93. The second-order valence-electron chi connectivity index (χ2n) is 11.1. The van der Waals surface area contributed by atoms with Crippen LogP contribution in [-0.2, 0) is 27.2 Å². The maximum atomic E-state index is 13.1. The molecule has 3 aliphatic rings. The summed E-state index contributed by atoms with van der Waals surface area (Å²) in [5, 5.41) is 7.95. The van der Waals surface area contributed by atoms with Crippen LogP contribution in [0.5, 0.6) is 5.75 Å². The van der Waals surface area contributed by atoms with E-state index in [-0.39, 0.29) is 48.1 Å². The van der Waals surface area contributed by atoms with Gasteiger partial charge in [0.25, 0.3) is 23.6 Å². The van der Waals surface area contributed by atoms with Crippen LogP contribution >= 0.6 is 0 Å². The van der Waals surface area contributed by atoms with Crippen molar-refractivity contribution in [1.82, 2.24) is 20.9 Å². The third-order valence-corrected chi connectivity index (χ3v) is 8.11. The number of unbranched alkanes of at least 4 members (excludes halogenated alkanes) is 4. The second kappa shape index (κ2) is 13.6. The molecule has 5 rings (SSSR count). The van der Waals surface area contributed by atoms with Crippen LogP contribution in [0.2, 0.25) is 0 Å². The molecule has 11 nitrogen and oxygen atoms in total. The van der Waals surface area contributed by atoms with Crippen molar-refractivity contribution >= 4 is 35.4 Å². The molecule has 2 heterocycles. The molecule has 1 aliphatic carbocycles. The molecule has 0 saturated carbocycles. The van der Waals surface area contributed by atoms with E-state index in [2.05, 4.69) is 22.0 Å². The van der Waals surface area contributed by atoms with Crippen LogP contribution < -0.4 is 20.7 Å². The van der Waals surface area contributed by atoms with E-state index in [1.807, 2.05) is 12.1 Å². The van der Waals surface area contributed by atoms with Crippen LogP contribution in [0, 0.1) is 0 Å². The fourth-order valence-electron chi connectivity index (χ4n) is 5.82. The number of rotatable bonds is 13. The van der Waals surface area contributed by atoms with Gasteiger partial charge >= 0.3 is 0 Å². The number of fused-ring (bicyclic) bond motifs is 2. The molecular weight excluding hydrogens is 552 g/mol. The molecular formula is C32H36N4O7. The van der Waals surface area contributed by atoms with Crippen molar-refractivity contribution in [2.24, 2.45) is 0 Å². The topological polar surface area (TPSA) is 151 Å². The fourth-order valence-corrected chi connectivity index (χ4v) is 5.82. The van der Waals surface area contributed by atoms with Gasteiger partial charge in [0.1, 0.15) is 11.8 Å². The first-order valence-electron chi connectivity index (χ1n) is 15.0. The van der Waals surface area contributed by atoms with Crippen molar-refractivity contribution < 1.29 is 33.5 Å². The first-order chi connectivity index (χ1) is 20.8. The Bertz CT molecular complexity index is 1450. The lowest BCUT2D eigenvalue weighted by Gasteiger charge is -2.27. The third-order valence-electron chi connectivity index (χ3n) is 8.11. The lowest BCUT2D eigenvalue weighted by atomic mass is 10.0. The van der Waals surface area contributed by atoms with Crippen LogP contribution in [0.25, 0.3) is 0 Å². The summed E-state index contributed by atoms with van der Waals surface area (Å²) >= 11 is 0. The molecule has 226 valence electrons. The molecule has 1 fully saturated rings. The molecule has 0 spiro atoms. The maximum absolute atomic E-state index is 13.1. The number of ether oxygens (including phenoxy) is 1. The summed E-state index contributed by atoms with van der Waals surface area (Å²) in [6.45, 7) is 0.775. The van der Waals surface area contributed by atoms with E-state index in [0.717, 1.165) is 61.8 Å². The molecule has 1 atom stereocenters. The zero-order valence-corrected chi connectivity index (χ0v) is 24.0. The van der Waals surface area contributed by atoms with E-state index in [9.17, 15) is 28.8 Å². The standard InChI is InChI=1S/C32H36N4O7/c37-26-15-14-24(30(40)35-26)36-31(41)23-10-7-11-25(28(23)32(36)42)43-19-27(38)33-16-4-2-1-3-5-17-34-29(39)22-13-12-20-8-6-9-21(20)18-22/h7,10-13,18,24H,1-6,8-9,14-17,19H2,(H,33,38)(H,34,39)(H,35,37,40). The molecule has 43 heavy (non-hydrogen) atoms. The van der Waals surface area contributed by atoms with E-state index in [0.29, 0.717) is 13.1 Å². The predicted molar refractivity (Wildman–Crippen MR) is 156 cm³/mol. The zero-order valence-electron chi connectivity index (χ0n) is 24.0. The number of carbonyl (C=O) groups excluding carboxylic acids is 6. The Morgan fingerprint density at radius 1 is 0.860 bits per heavy atom. The van der Waals surface area contributed by atoms with Gasteiger partial charge in [0.2, 0.25) is 11.8 Å². The van der Waals surface area contributed by atoms with Gasteiger partial charge in [0, 0.05) is 25.1 Å². The fraction of sp³-hybridized carbons (Fsp3) is 0.438. The van der Waals surface area contributed by atoms with Crippen molar-refractivity contribution in [2.45, 2.75) is 70.3 Å². The van der Waals surface area contributed by atoms with Gasteiger partial charge in [-0.15, -0.1) is 0 Å². The molecule has 2 aromatic rings. The molecule has 1 unspecified atom stereocenters. The number of nitrogens with zero attached hydrogens (tertiary/aromatic N) is 1. The number of hydrogen-bond donors (Lipinski definition) is 3. The molecule has 0 radical (unpaired) electrons. The summed E-state index contributed by atoms with van der Waals surface area (Å²) < 4.78 is 5.60. The summed E-state index contributed by atoms with van der Waals surface area (Å²) in [6, 6.07) is 9.43. The van der Waals surface area contributed by atoms with Crippen molar-refractivity contribution in [2.75, 3.05) is 19.7 Å². The van der Waals surface area contributed by atoms with Crippen molar-refractivity contribution in [3.8, 4) is 5.75 Å². The SMILES string of the molecule is O=C(COc1cccc2c1C(=O)N(C1CCC(=O)NC1=O)C2=O)NCCCCCCCNC(=O)c1ccc2c(c1)CCC2.